The van der Waals surface area contributed by atoms with E-state index >= 15 is 0 Å². The zero-order valence-corrected chi connectivity index (χ0v) is 14.0. The van der Waals surface area contributed by atoms with Crippen molar-refractivity contribution >= 4 is 17.3 Å². The van der Waals surface area contributed by atoms with Gasteiger partial charge in [-0.2, -0.15) is 0 Å². The number of likely N-dealkylation sites (N-methyl/N-ethyl adjacent to an activating group) is 1. The molecule has 0 fully saturated rings. The van der Waals surface area contributed by atoms with Crippen LogP contribution in [0.15, 0.2) is 17.1 Å². The summed E-state index contributed by atoms with van der Waals surface area (Å²) in [6.07, 6.45) is 0. The molecule has 0 radical (unpaired) electrons. The van der Waals surface area contributed by atoms with Crippen LogP contribution in [0.1, 0.15) is 30.5 Å². The van der Waals surface area contributed by atoms with Gasteiger partial charge >= 0.3 is 0 Å². The minimum absolute atomic E-state index is 0.749. The number of thiophene rings is 1. The first-order chi connectivity index (χ1) is 9.69. The summed E-state index contributed by atoms with van der Waals surface area (Å²) in [4.78, 5) is 9.68. The zero-order chi connectivity index (χ0) is 14.8. The normalized spacial score (nSPS) is 11.9. The third kappa shape index (κ3) is 6.39. The molecule has 0 aromatic carbocycles. The molecule has 5 heteroatoms. The number of hydrogen-bond acceptors (Lipinski definition) is 3. The molecule has 0 aliphatic heterocycles. The van der Waals surface area contributed by atoms with E-state index in [9.17, 15) is 0 Å². The van der Waals surface area contributed by atoms with Gasteiger partial charge in [0.25, 0.3) is 0 Å². The Balaban J connectivity index is 2.42. The average molecular weight is 296 g/mol. The van der Waals surface area contributed by atoms with Gasteiger partial charge < -0.3 is 15.5 Å². The van der Waals surface area contributed by atoms with Crippen molar-refractivity contribution < 1.29 is 0 Å². The van der Waals surface area contributed by atoms with E-state index in [0.717, 1.165) is 45.2 Å². The summed E-state index contributed by atoms with van der Waals surface area (Å²) in [6, 6.07) is 4.30. The number of hydrogen-bond donors (Lipinski definition) is 2. The van der Waals surface area contributed by atoms with E-state index in [2.05, 4.69) is 60.4 Å². The Labute approximate surface area is 127 Å². The molecule has 1 aromatic heterocycles. The molecule has 0 aliphatic rings. The quantitative estimate of drug-likeness (QED) is 0.572. The van der Waals surface area contributed by atoms with Gasteiger partial charge in [-0.05, 0) is 39.1 Å². The fraction of sp³-hybridized carbons (Fsp3) is 0.667. The molecule has 114 valence electrons. The minimum atomic E-state index is 0.749. The third-order valence-electron chi connectivity index (χ3n) is 3.15. The molecule has 0 aliphatic carbocycles. The lowest BCUT2D eigenvalue weighted by Gasteiger charge is -2.19. The van der Waals surface area contributed by atoms with Crippen LogP contribution >= 0.6 is 11.3 Å². The molecule has 4 nitrogen and oxygen atoms in total. The molecule has 1 aromatic rings. The van der Waals surface area contributed by atoms with E-state index in [1.54, 1.807) is 0 Å². The smallest absolute Gasteiger partial charge is 0.191 e. The number of nitrogens with one attached hydrogen (secondary N) is 2. The highest BCUT2D eigenvalue weighted by Gasteiger charge is 2.01. The predicted octanol–water partition coefficient (Wildman–Crippen LogP) is 2.45. The predicted molar refractivity (Wildman–Crippen MR) is 89.7 cm³/mol. The van der Waals surface area contributed by atoms with E-state index in [1.165, 1.54) is 9.75 Å². The standard InChI is InChI=1S/C15H28N4S/c1-5-16-15(17-10-11-19(6-2)7-3)18-12-14-9-8-13(4)20-14/h8-9H,5-7,10-12H2,1-4H3,(H2,16,17,18). The van der Waals surface area contributed by atoms with Gasteiger partial charge in [0.1, 0.15) is 0 Å². The maximum absolute atomic E-state index is 4.63. The first-order valence-corrected chi connectivity index (χ1v) is 8.31. The van der Waals surface area contributed by atoms with Crippen molar-refractivity contribution in [3.63, 3.8) is 0 Å². The largest absolute Gasteiger partial charge is 0.357 e. The molecule has 0 spiro atoms. The van der Waals surface area contributed by atoms with Crippen LogP contribution in [0, 0.1) is 6.92 Å². The van der Waals surface area contributed by atoms with Gasteiger partial charge in [-0.15, -0.1) is 11.3 Å². The van der Waals surface area contributed by atoms with Crippen LogP contribution in [0.25, 0.3) is 0 Å². The highest BCUT2D eigenvalue weighted by molar-refractivity contribution is 7.11. The lowest BCUT2D eigenvalue weighted by Crippen LogP contribution is -2.41. The molecule has 0 amide bonds. The molecule has 20 heavy (non-hydrogen) atoms. The van der Waals surface area contributed by atoms with Crippen LogP contribution in [-0.4, -0.2) is 43.6 Å². The van der Waals surface area contributed by atoms with Crippen molar-refractivity contribution in [1.82, 2.24) is 15.5 Å². The van der Waals surface area contributed by atoms with Crippen molar-refractivity contribution in [2.75, 3.05) is 32.7 Å². The highest BCUT2D eigenvalue weighted by atomic mass is 32.1. The van der Waals surface area contributed by atoms with E-state index < -0.39 is 0 Å². The maximum Gasteiger partial charge on any atom is 0.191 e. The Bertz CT molecular complexity index is 396. The summed E-state index contributed by atoms with van der Waals surface area (Å²) >= 11 is 1.81. The summed E-state index contributed by atoms with van der Waals surface area (Å²) in [5.41, 5.74) is 0. The summed E-state index contributed by atoms with van der Waals surface area (Å²) < 4.78 is 0. The fourth-order valence-corrected chi connectivity index (χ4v) is 2.76. The molecule has 1 rings (SSSR count). The van der Waals surface area contributed by atoms with E-state index in [-0.39, 0.29) is 0 Å². The summed E-state index contributed by atoms with van der Waals surface area (Å²) in [5.74, 6) is 0.908. The van der Waals surface area contributed by atoms with Gasteiger partial charge in [-0.25, -0.2) is 4.99 Å². The average Bonchev–Trinajstić information content (AvgIpc) is 2.86. The second-order valence-corrected chi connectivity index (χ2v) is 6.03. The lowest BCUT2D eigenvalue weighted by atomic mass is 10.4. The summed E-state index contributed by atoms with van der Waals surface area (Å²) in [5, 5.41) is 6.69. The minimum Gasteiger partial charge on any atom is -0.357 e. The van der Waals surface area contributed by atoms with Crippen molar-refractivity contribution in [1.29, 1.82) is 0 Å². The zero-order valence-electron chi connectivity index (χ0n) is 13.2. The van der Waals surface area contributed by atoms with Crippen LogP contribution in [0.3, 0.4) is 0 Å². The molecule has 0 saturated carbocycles. The van der Waals surface area contributed by atoms with E-state index in [4.69, 9.17) is 0 Å². The number of rotatable bonds is 8. The Morgan fingerprint density at radius 1 is 1.20 bits per heavy atom. The van der Waals surface area contributed by atoms with Crippen molar-refractivity contribution in [3.8, 4) is 0 Å². The Morgan fingerprint density at radius 3 is 2.50 bits per heavy atom. The topological polar surface area (TPSA) is 39.7 Å². The van der Waals surface area contributed by atoms with E-state index in [1.807, 2.05) is 11.3 Å². The van der Waals surface area contributed by atoms with Gasteiger partial charge in [0.15, 0.2) is 5.96 Å². The number of guanidine groups is 1. The van der Waals surface area contributed by atoms with Gasteiger partial charge in [-0.1, -0.05) is 13.8 Å². The Kier molecular flexibility index (Phi) is 8.30. The molecule has 0 bridgehead atoms. The summed E-state index contributed by atoms with van der Waals surface area (Å²) in [7, 11) is 0. The molecular weight excluding hydrogens is 268 g/mol. The Morgan fingerprint density at radius 2 is 1.95 bits per heavy atom. The van der Waals surface area contributed by atoms with Gasteiger partial charge in [0.05, 0.1) is 6.54 Å². The van der Waals surface area contributed by atoms with Gasteiger partial charge in [0, 0.05) is 29.4 Å². The Hall–Kier alpha value is -1.07. The van der Waals surface area contributed by atoms with Crippen LogP contribution in [-0.2, 0) is 6.54 Å². The number of aryl methyl sites for hydroxylation is 1. The lowest BCUT2D eigenvalue weighted by molar-refractivity contribution is 0.308. The third-order valence-corrected chi connectivity index (χ3v) is 4.13. The molecule has 0 unspecified atom stereocenters. The van der Waals surface area contributed by atoms with Crippen molar-refractivity contribution in [3.05, 3.63) is 21.9 Å². The first-order valence-electron chi connectivity index (χ1n) is 7.49. The summed E-state index contributed by atoms with van der Waals surface area (Å²) in [6.45, 7) is 14.4. The SMILES string of the molecule is CCNC(=NCc1ccc(C)s1)NCCN(CC)CC. The highest BCUT2D eigenvalue weighted by Crippen LogP contribution is 2.15. The number of nitrogens with zero attached hydrogens (tertiary/aromatic N) is 2. The first kappa shape index (κ1) is 17.0. The fourth-order valence-electron chi connectivity index (χ4n) is 1.94. The molecule has 0 atom stereocenters. The maximum atomic E-state index is 4.63. The van der Waals surface area contributed by atoms with Crippen LogP contribution < -0.4 is 10.6 Å². The molecule has 2 N–H and O–H groups in total. The van der Waals surface area contributed by atoms with Crippen molar-refractivity contribution in [2.24, 2.45) is 4.99 Å². The van der Waals surface area contributed by atoms with Crippen LogP contribution in [0.5, 0.6) is 0 Å². The molecule has 0 saturated heterocycles. The van der Waals surface area contributed by atoms with Crippen LogP contribution in [0.2, 0.25) is 0 Å². The molecule has 1 heterocycles. The van der Waals surface area contributed by atoms with Gasteiger partial charge in [-0.3, -0.25) is 0 Å². The molecular formula is C15H28N4S. The second kappa shape index (κ2) is 9.77. The monoisotopic (exact) mass is 296 g/mol. The van der Waals surface area contributed by atoms with Crippen LogP contribution in [0.4, 0.5) is 0 Å². The van der Waals surface area contributed by atoms with Crippen molar-refractivity contribution in [2.45, 2.75) is 34.2 Å². The number of aliphatic imine (C=N–C) groups is 1. The van der Waals surface area contributed by atoms with Gasteiger partial charge in [0.2, 0.25) is 0 Å². The second-order valence-electron chi connectivity index (χ2n) is 4.66. The van der Waals surface area contributed by atoms with E-state index in [0.29, 0.717) is 0 Å².